The number of carbonyl (C=O) groups is 2. The Morgan fingerprint density at radius 3 is 1.97 bits per heavy atom. The Morgan fingerprint density at radius 1 is 0.750 bits per heavy atom. The molecular weight excluding hydrogens is 396 g/mol. The van der Waals surface area contributed by atoms with Crippen molar-refractivity contribution in [3.8, 4) is 0 Å². The molecule has 4 heteroatoms. The summed E-state index contributed by atoms with van der Waals surface area (Å²) < 4.78 is 0. The third-order valence-electron chi connectivity index (χ3n) is 5.80. The predicted octanol–water partition coefficient (Wildman–Crippen LogP) is 6.00. The molecule has 3 aromatic rings. The van der Waals surface area contributed by atoms with Crippen LogP contribution in [0.1, 0.15) is 43.0 Å². The number of carbonyl (C=O) groups excluding carboxylic acids is 2. The number of benzene rings is 3. The summed E-state index contributed by atoms with van der Waals surface area (Å²) in [7, 11) is 0. The van der Waals surface area contributed by atoms with Gasteiger partial charge in [-0.2, -0.15) is 0 Å². The summed E-state index contributed by atoms with van der Waals surface area (Å²) >= 11 is 0. The average molecular weight is 425 g/mol. The van der Waals surface area contributed by atoms with Gasteiger partial charge in [-0.25, -0.2) is 4.90 Å². The molecule has 0 fully saturated rings. The zero-order valence-electron chi connectivity index (χ0n) is 19.2. The highest BCUT2D eigenvalue weighted by Crippen LogP contribution is 2.35. The van der Waals surface area contributed by atoms with Crippen molar-refractivity contribution in [2.24, 2.45) is 0 Å². The van der Waals surface area contributed by atoms with Crippen LogP contribution >= 0.6 is 0 Å². The number of hydrogen-bond acceptors (Lipinski definition) is 3. The minimum Gasteiger partial charge on any atom is -0.350 e. The van der Waals surface area contributed by atoms with Gasteiger partial charge in [0.15, 0.2) is 0 Å². The topological polar surface area (TPSA) is 49.4 Å². The van der Waals surface area contributed by atoms with E-state index in [9.17, 15) is 9.59 Å². The summed E-state index contributed by atoms with van der Waals surface area (Å²) in [4.78, 5) is 28.4. The van der Waals surface area contributed by atoms with E-state index in [1.54, 1.807) is 6.07 Å². The highest BCUT2D eigenvalue weighted by Gasteiger charge is 2.40. The Bertz CT molecular complexity index is 1210. The normalized spacial score (nSPS) is 14.3. The molecule has 1 aliphatic rings. The minimum atomic E-state index is -0.347. The second-order valence-electron chi connectivity index (χ2n) is 9.30. The molecule has 0 aliphatic carbocycles. The van der Waals surface area contributed by atoms with Crippen LogP contribution in [0.3, 0.4) is 0 Å². The van der Waals surface area contributed by atoms with Crippen molar-refractivity contribution in [1.82, 2.24) is 0 Å². The van der Waals surface area contributed by atoms with Crippen molar-refractivity contribution in [3.63, 3.8) is 0 Å². The van der Waals surface area contributed by atoms with E-state index in [0.29, 0.717) is 17.0 Å². The Labute approximate surface area is 189 Å². The fourth-order valence-electron chi connectivity index (χ4n) is 3.86. The summed E-state index contributed by atoms with van der Waals surface area (Å²) in [5.41, 5.74) is 5.97. The molecule has 3 aromatic carbocycles. The number of hydrogen-bond donors (Lipinski definition) is 1. The van der Waals surface area contributed by atoms with E-state index in [1.165, 1.54) is 10.5 Å². The van der Waals surface area contributed by atoms with Crippen LogP contribution in [0.15, 0.2) is 78.5 Å². The van der Waals surface area contributed by atoms with Gasteiger partial charge in [0.2, 0.25) is 0 Å². The Kier molecular flexibility index (Phi) is 5.47. The average Bonchev–Trinajstić information content (AvgIpc) is 2.99. The molecule has 0 aromatic heterocycles. The molecule has 1 aliphatic heterocycles. The maximum atomic E-state index is 13.5. The SMILES string of the molecule is Cc1ccc(C2=C(Nc3ccc(C(C)(C)C)cc3)C(=O)N(c3ccccc3C)C2=O)cc1. The number of para-hydroxylation sites is 1. The molecule has 0 bridgehead atoms. The third-order valence-corrected chi connectivity index (χ3v) is 5.80. The fraction of sp³-hybridized carbons (Fsp3) is 0.214. The van der Waals surface area contributed by atoms with E-state index in [2.05, 4.69) is 38.2 Å². The molecule has 4 rings (SSSR count). The van der Waals surface area contributed by atoms with Crippen LogP contribution in [-0.4, -0.2) is 11.8 Å². The number of aryl methyl sites for hydroxylation is 2. The van der Waals surface area contributed by atoms with Gasteiger partial charge in [0.1, 0.15) is 5.70 Å². The quantitative estimate of drug-likeness (QED) is 0.523. The van der Waals surface area contributed by atoms with Gasteiger partial charge in [0.25, 0.3) is 11.8 Å². The van der Waals surface area contributed by atoms with Gasteiger partial charge >= 0.3 is 0 Å². The lowest BCUT2D eigenvalue weighted by Crippen LogP contribution is -2.33. The zero-order valence-corrected chi connectivity index (χ0v) is 19.2. The fourth-order valence-corrected chi connectivity index (χ4v) is 3.86. The molecule has 0 spiro atoms. The molecule has 1 heterocycles. The smallest absolute Gasteiger partial charge is 0.282 e. The second-order valence-corrected chi connectivity index (χ2v) is 9.30. The molecule has 4 nitrogen and oxygen atoms in total. The largest absolute Gasteiger partial charge is 0.350 e. The van der Waals surface area contributed by atoms with Crippen molar-refractivity contribution in [1.29, 1.82) is 0 Å². The summed E-state index contributed by atoms with van der Waals surface area (Å²) in [6.45, 7) is 10.4. The monoisotopic (exact) mass is 424 g/mol. The van der Waals surface area contributed by atoms with Crippen LogP contribution in [0.25, 0.3) is 5.57 Å². The molecule has 0 radical (unpaired) electrons. The summed E-state index contributed by atoms with van der Waals surface area (Å²) in [5.74, 6) is -0.665. The van der Waals surface area contributed by atoms with Gasteiger partial charge in [0.05, 0.1) is 11.3 Å². The lowest BCUT2D eigenvalue weighted by molar-refractivity contribution is -0.120. The lowest BCUT2D eigenvalue weighted by atomic mass is 9.87. The van der Waals surface area contributed by atoms with Crippen molar-refractivity contribution in [2.45, 2.75) is 40.0 Å². The molecule has 0 unspecified atom stereocenters. The molecular formula is C28H28N2O2. The van der Waals surface area contributed by atoms with Gasteiger partial charge in [-0.15, -0.1) is 0 Å². The van der Waals surface area contributed by atoms with Crippen molar-refractivity contribution in [2.75, 3.05) is 10.2 Å². The maximum absolute atomic E-state index is 13.5. The van der Waals surface area contributed by atoms with Crippen LogP contribution in [0.4, 0.5) is 11.4 Å². The molecule has 0 atom stereocenters. The molecule has 0 saturated heterocycles. The lowest BCUT2D eigenvalue weighted by Gasteiger charge is -2.19. The van der Waals surface area contributed by atoms with Crippen molar-refractivity contribution in [3.05, 3.63) is 101 Å². The zero-order chi connectivity index (χ0) is 23.0. The first-order valence-electron chi connectivity index (χ1n) is 10.8. The molecule has 32 heavy (non-hydrogen) atoms. The van der Waals surface area contributed by atoms with Crippen LogP contribution in [-0.2, 0) is 15.0 Å². The number of imide groups is 1. The van der Waals surface area contributed by atoms with Crippen LogP contribution in [0.5, 0.6) is 0 Å². The first kappa shape index (κ1) is 21.6. The van der Waals surface area contributed by atoms with Crippen LogP contribution < -0.4 is 10.2 Å². The third kappa shape index (κ3) is 3.96. The summed E-state index contributed by atoms with van der Waals surface area (Å²) in [6.07, 6.45) is 0. The first-order chi connectivity index (χ1) is 15.2. The van der Waals surface area contributed by atoms with Gasteiger partial charge in [0, 0.05) is 5.69 Å². The van der Waals surface area contributed by atoms with Gasteiger partial charge in [-0.1, -0.05) is 80.9 Å². The number of anilines is 2. The highest BCUT2D eigenvalue weighted by molar-refractivity contribution is 6.46. The van der Waals surface area contributed by atoms with Gasteiger partial charge in [-0.05, 0) is 54.2 Å². The molecule has 0 saturated carbocycles. The van der Waals surface area contributed by atoms with Crippen molar-refractivity contribution < 1.29 is 9.59 Å². The second kappa shape index (κ2) is 8.12. The standard InChI is InChI=1S/C28H28N2O2/c1-18-10-12-20(13-11-18)24-25(29-22-16-14-21(15-17-22)28(3,4)5)27(32)30(26(24)31)23-9-7-6-8-19(23)2/h6-17,29H,1-5H3. The van der Waals surface area contributed by atoms with Crippen LogP contribution in [0.2, 0.25) is 0 Å². The number of rotatable bonds is 4. The van der Waals surface area contributed by atoms with E-state index in [0.717, 1.165) is 22.4 Å². The number of nitrogens with zero attached hydrogens (tertiary/aromatic N) is 1. The first-order valence-corrected chi connectivity index (χ1v) is 10.8. The van der Waals surface area contributed by atoms with E-state index < -0.39 is 0 Å². The van der Waals surface area contributed by atoms with Crippen LogP contribution in [0, 0.1) is 13.8 Å². The Balaban J connectivity index is 1.79. The minimum absolute atomic E-state index is 0.0334. The van der Waals surface area contributed by atoms with Gasteiger partial charge in [-0.3, -0.25) is 9.59 Å². The van der Waals surface area contributed by atoms with Gasteiger partial charge < -0.3 is 5.32 Å². The molecule has 162 valence electrons. The molecule has 1 N–H and O–H groups in total. The van der Waals surface area contributed by atoms with E-state index in [4.69, 9.17) is 0 Å². The predicted molar refractivity (Wildman–Crippen MR) is 131 cm³/mol. The van der Waals surface area contributed by atoms with E-state index in [1.807, 2.05) is 68.4 Å². The number of nitrogens with one attached hydrogen (secondary N) is 1. The summed E-state index contributed by atoms with van der Waals surface area (Å²) in [6, 6.07) is 23.1. The highest BCUT2D eigenvalue weighted by atomic mass is 16.2. The van der Waals surface area contributed by atoms with Crippen molar-refractivity contribution >= 4 is 28.8 Å². The van der Waals surface area contributed by atoms with E-state index in [-0.39, 0.29) is 17.2 Å². The molecule has 2 amide bonds. The Morgan fingerprint density at radius 2 is 1.38 bits per heavy atom. The summed E-state index contributed by atoms with van der Waals surface area (Å²) in [5, 5.41) is 3.25. The van der Waals surface area contributed by atoms with E-state index >= 15 is 0 Å². The Hall–Kier alpha value is -3.66. The maximum Gasteiger partial charge on any atom is 0.282 e. The number of amides is 2.